The molecule has 2 amide bonds. The third kappa shape index (κ3) is 5.25. The van der Waals surface area contributed by atoms with Gasteiger partial charge in [0.15, 0.2) is 0 Å². The van der Waals surface area contributed by atoms with Crippen molar-refractivity contribution in [3.8, 4) is 0 Å². The number of carbonyl (C=O) groups excluding carboxylic acids is 2. The van der Waals surface area contributed by atoms with Crippen molar-refractivity contribution in [3.05, 3.63) is 65.7 Å². The summed E-state index contributed by atoms with van der Waals surface area (Å²) in [5, 5.41) is 13.5. The van der Waals surface area contributed by atoms with Crippen molar-refractivity contribution in [1.82, 2.24) is 5.32 Å². The molecule has 1 heterocycles. The summed E-state index contributed by atoms with van der Waals surface area (Å²) in [6.45, 7) is 4.04. The molecular formula is C26H33N3O3. The second kappa shape index (κ2) is 11.0. The summed E-state index contributed by atoms with van der Waals surface area (Å²) in [6, 6.07) is 17.3. The molecule has 0 radical (unpaired) electrons. The Balaban J connectivity index is 1.96. The molecule has 0 aromatic heterocycles. The third-order valence-electron chi connectivity index (χ3n) is 5.92. The van der Waals surface area contributed by atoms with Crippen LogP contribution < -0.4 is 10.2 Å². The molecule has 0 spiro atoms. The van der Waals surface area contributed by atoms with Crippen LogP contribution in [-0.2, 0) is 9.59 Å². The average molecular weight is 436 g/mol. The quantitative estimate of drug-likeness (QED) is 0.627. The number of anilines is 1. The third-order valence-corrected chi connectivity index (χ3v) is 5.92. The number of amides is 2. The van der Waals surface area contributed by atoms with Crippen molar-refractivity contribution in [2.45, 2.75) is 58.2 Å². The fraction of sp³-hybridized carbons (Fsp3) is 0.423. The molecule has 2 aromatic rings. The van der Waals surface area contributed by atoms with Crippen LogP contribution in [0.1, 0.15) is 57.1 Å². The molecule has 0 saturated carbocycles. The Morgan fingerprint density at radius 1 is 1.06 bits per heavy atom. The zero-order valence-electron chi connectivity index (χ0n) is 19.1. The van der Waals surface area contributed by atoms with Crippen LogP contribution in [0, 0.1) is 5.92 Å². The number of aliphatic imine (C=N–C) groups is 1. The van der Waals surface area contributed by atoms with Crippen LogP contribution in [0.15, 0.2) is 59.6 Å². The van der Waals surface area contributed by atoms with Crippen LogP contribution in [0.3, 0.4) is 0 Å². The maximum atomic E-state index is 13.3. The highest BCUT2D eigenvalue weighted by Crippen LogP contribution is 2.27. The van der Waals surface area contributed by atoms with Gasteiger partial charge in [-0.2, -0.15) is 0 Å². The van der Waals surface area contributed by atoms with E-state index >= 15 is 0 Å². The summed E-state index contributed by atoms with van der Waals surface area (Å²) < 4.78 is 0. The minimum absolute atomic E-state index is 0.310. The second-order valence-electron chi connectivity index (χ2n) is 8.27. The van der Waals surface area contributed by atoms with Gasteiger partial charge in [0, 0.05) is 18.2 Å². The van der Waals surface area contributed by atoms with Gasteiger partial charge in [-0.15, -0.1) is 0 Å². The number of nitrogens with zero attached hydrogens (tertiary/aromatic N) is 2. The monoisotopic (exact) mass is 435 g/mol. The Morgan fingerprint density at radius 3 is 2.44 bits per heavy atom. The van der Waals surface area contributed by atoms with Gasteiger partial charge in [-0.1, -0.05) is 81.6 Å². The number of aliphatic hydroxyl groups is 1. The second-order valence-corrected chi connectivity index (χ2v) is 8.27. The molecule has 3 atom stereocenters. The zero-order chi connectivity index (χ0) is 23.1. The maximum Gasteiger partial charge on any atom is 0.272 e. The minimum Gasteiger partial charge on any atom is -0.392 e. The number of carbonyl (C=O) groups is 2. The van der Waals surface area contributed by atoms with E-state index in [1.54, 1.807) is 11.9 Å². The Morgan fingerprint density at radius 2 is 1.75 bits per heavy atom. The van der Waals surface area contributed by atoms with E-state index in [1.165, 1.54) is 0 Å². The lowest BCUT2D eigenvalue weighted by atomic mass is 9.92. The molecule has 2 N–H and O–H groups in total. The van der Waals surface area contributed by atoms with Crippen LogP contribution in [0.2, 0.25) is 0 Å². The molecule has 6 heteroatoms. The first-order valence-electron chi connectivity index (χ1n) is 11.5. The van der Waals surface area contributed by atoms with Crippen LogP contribution in [0.4, 0.5) is 5.69 Å². The molecule has 1 aliphatic rings. The van der Waals surface area contributed by atoms with E-state index in [2.05, 4.69) is 12.2 Å². The lowest BCUT2D eigenvalue weighted by Crippen LogP contribution is -2.49. The molecule has 2 aromatic carbocycles. The van der Waals surface area contributed by atoms with Crippen molar-refractivity contribution in [2.24, 2.45) is 10.9 Å². The number of hydrogen-bond acceptors (Lipinski definition) is 4. The lowest BCUT2D eigenvalue weighted by Gasteiger charge is -2.25. The van der Waals surface area contributed by atoms with Crippen molar-refractivity contribution >= 4 is 23.2 Å². The Labute approximate surface area is 190 Å². The van der Waals surface area contributed by atoms with Crippen LogP contribution in [0.5, 0.6) is 0 Å². The fourth-order valence-electron chi connectivity index (χ4n) is 4.11. The maximum absolute atomic E-state index is 13.3. The van der Waals surface area contributed by atoms with E-state index in [1.807, 2.05) is 61.5 Å². The molecule has 0 saturated heterocycles. The van der Waals surface area contributed by atoms with E-state index in [4.69, 9.17) is 4.99 Å². The summed E-state index contributed by atoms with van der Waals surface area (Å²) in [6.07, 6.45) is 1.90. The molecule has 0 fully saturated rings. The van der Waals surface area contributed by atoms with Gasteiger partial charge < -0.3 is 15.3 Å². The average Bonchev–Trinajstić information content (AvgIpc) is 2.92. The molecule has 0 aliphatic carbocycles. The largest absolute Gasteiger partial charge is 0.392 e. The summed E-state index contributed by atoms with van der Waals surface area (Å²) >= 11 is 0. The van der Waals surface area contributed by atoms with Gasteiger partial charge in [0.2, 0.25) is 12.1 Å². The molecule has 0 bridgehead atoms. The molecule has 2 unspecified atom stereocenters. The van der Waals surface area contributed by atoms with Gasteiger partial charge in [0.25, 0.3) is 5.91 Å². The highest BCUT2D eigenvalue weighted by Gasteiger charge is 2.34. The first-order chi connectivity index (χ1) is 15.5. The highest BCUT2D eigenvalue weighted by molar-refractivity contribution is 6.20. The van der Waals surface area contributed by atoms with E-state index in [0.29, 0.717) is 18.6 Å². The van der Waals surface area contributed by atoms with Gasteiger partial charge in [0.1, 0.15) is 0 Å². The number of rotatable bonds is 9. The number of unbranched alkanes of at least 4 members (excludes halogenated alkanes) is 1. The Bertz CT molecular complexity index is 958. The topological polar surface area (TPSA) is 82.0 Å². The van der Waals surface area contributed by atoms with Crippen LogP contribution in [0.25, 0.3) is 0 Å². The molecule has 6 nitrogen and oxygen atoms in total. The highest BCUT2D eigenvalue weighted by atomic mass is 16.3. The number of hydrogen-bond donors (Lipinski definition) is 2. The number of aliphatic hydroxyl groups excluding tert-OH is 1. The number of nitrogens with one attached hydrogen (secondary N) is 1. The van der Waals surface area contributed by atoms with Crippen LogP contribution in [-0.4, -0.2) is 41.9 Å². The van der Waals surface area contributed by atoms with E-state index < -0.39 is 18.2 Å². The summed E-state index contributed by atoms with van der Waals surface area (Å²) in [7, 11) is 1.70. The predicted octanol–water partition coefficient (Wildman–Crippen LogP) is 3.91. The van der Waals surface area contributed by atoms with Gasteiger partial charge in [-0.25, -0.2) is 4.99 Å². The number of likely N-dealkylation sites (N-methyl/N-ethyl adjacent to an activating group) is 1. The summed E-state index contributed by atoms with van der Waals surface area (Å²) in [4.78, 5) is 32.7. The van der Waals surface area contributed by atoms with Crippen molar-refractivity contribution in [2.75, 3.05) is 11.9 Å². The molecule has 3 rings (SSSR count). The Kier molecular flexibility index (Phi) is 8.17. The van der Waals surface area contributed by atoms with E-state index in [-0.39, 0.29) is 11.8 Å². The number of benzodiazepines with no additional fused rings is 1. The summed E-state index contributed by atoms with van der Waals surface area (Å²) in [5.74, 6) is -1.20. The fourth-order valence-corrected chi connectivity index (χ4v) is 4.11. The van der Waals surface area contributed by atoms with E-state index in [0.717, 1.165) is 36.1 Å². The Hall–Kier alpha value is -2.99. The number of para-hydroxylation sites is 1. The van der Waals surface area contributed by atoms with Crippen molar-refractivity contribution in [3.63, 3.8) is 0 Å². The molecular weight excluding hydrogens is 402 g/mol. The molecule has 32 heavy (non-hydrogen) atoms. The predicted molar refractivity (Wildman–Crippen MR) is 128 cm³/mol. The number of benzene rings is 2. The smallest absolute Gasteiger partial charge is 0.272 e. The normalized spacial score (nSPS) is 17.8. The first kappa shape index (κ1) is 23.7. The van der Waals surface area contributed by atoms with Gasteiger partial charge >= 0.3 is 0 Å². The van der Waals surface area contributed by atoms with E-state index in [9.17, 15) is 14.7 Å². The standard InChI is InChI=1S/C26H33N3O3/c1-4-6-17-22(30)20(12-5-2)25(31)28-24-26(32)29(3)21-16-11-10-15-19(21)23(27-24)18-13-8-7-9-14-18/h7-11,13-16,20,22,24,30H,4-6,12,17H2,1-3H3,(H,28,31)/t20?,22?,24-/m1/s1. The van der Waals surface area contributed by atoms with Gasteiger partial charge in [0.05, 0.1) is 23.4 Å². The van der Waals surface area contributed by atoms with Gasteiger partial charge in [-0.05, 0) is 18.9 Å². The van der Waals surface area contributed by atoms with Crippen molar-refractivity contribution < 1.29 is 14.7 Å². The molecule has 170 valence electrons. The summed E-state index contributed by atoms with van der Waals surface area (Å²) in [5.41, 5.74) is 3.10. The van der Waals surface area contributed by atoms with Crippen molar-refractivity contribution in [1.29, 1.82) is 0 Å². The number of fused-ring (bicyclic) bond motifs is 1. The van der Waals surface area contributed by atoms with Crippen LogP contribution >= 0.6 is 0 Å². The first-order valence-corrected chi connectivity index (χ1v) is 11.5. The zero-order valence-corrected chi connectivity index (χ0v) is 19.1. The minimum atomic E-state index is -1.06. The lowest BCUT2D eigenvalue weighted by molar-refractivity contribution is -0.133. The molecule has 1 aliphatic heterocycles. The van der Waals surface area contributed by atoms with Gasteiger partial charge in [-0.3, -0.25) is 9.59 Å². The SMILES string of the molecule is CCCCC(O)C(CCC)C(=O)N[C@H]1N=C(c2ccccc2)c2ccccc2N(C)C1=O.